The molecule has 0 amide bonds. The van der Waals surface area contributed by atoms with E-state index in [9.17, 15) is 0 Å². The summed E-state index contributed by atoms with van der Waals surface area (Å²) in [6, 6.07) is 10.5. The lowest BCUT2D eigenvalue weighted by Crippen LogP contribution is -2.07. The number of methoxy groups -OCH3 is 1. The first-order chi connectivity index (χ1) is 10.3. The maximum Gasteiger partial charge on any atom is 0.121 e. The zero-order valence-corrected chi connectivity index (χ0v) is 13.5. The van der Waals surface area contributed by atoms with Gasteiger partial charge in [-0.05, 0) is 36.6 Å². The highest BCUT2D eigenvalue weighted by Gasteiger charge is 2.24. The fourth-order valence-electron chi connectivity index (χ4n) is 2.60. The summed E-state index contributed by atoms with van der Waals surface area (Å²) in [6.07, 6.45) is 2.22. The number of aryl methyl sites for hydroxylation is 1. The Bertz CT molecular complexity index is 614. The van der Waals surface area contributed by atoms with Crippen LogP contribution in [0.3, 0.4) is 0 Å². The van der Waals surface area contributed by atoms with Gasteiger partial charge >= 0.3 is 0 Å². The van der Waals surface area contributed by atoms with Crippen LogP contribution in [0.5, 0.6) is 5.75 Å². The predicted molar refractivity (Wildman–Crippen MR) is 87.8 cm³/mol. The van der Waals surface area contributed by atoms with Crippen molar-refractivity contribution in [2.24, 2.45) is 0 Å². The standard InChI is InChI=1S/C16H18ClNO2S/c1-19-7-8-20-12-4-2-3-11(9-12)18-14-5-6-15-13(14)10-16(17)21-15/h2-4,9-10,14,18H,5-8H2,1H3. The van der Waals surface area contributed by atoms with Crippen molar-refractivity contribution in [3.05, 3.63) is 45.1 Å². The molecule has 2 aromatic rings. The molecule has 1 aromatic heterocycles. The Kier molecular flexibility index (Phi) is 4.68. The third-order valence-electron chi connectivity index (χ3n) is 3.58. The largest absolute Gasteiger partial charge is 0.491 e. The van der Waals surface area contributed by atoms with Crippen molar-refractivity contribution in [2.75, 3.05) is 25.6 Å². The van der Waals surface area contributed by atoms with Crippen LogP contribution in [0.25, 0.3) is 0 Å². The van der Waals surface area contributed by atoms with Crippen LogP contribution < -0.4 is 10.1 Å². The van der Waals surface area contributed by atoms with Gasteiger partial charge in [-0.1, -0.05) is 17.7 Å². The molecule has 1 aromatic carbocycles. The van der Waals surface area contributed by atoms with Gasteiger partial charge in [0.15, 0.2) is 0 Å². The van der Waals surface area contributed by atoms with Crippen molar-refractivity contribution in [2.45, 2.75) is 18.9 Å². The van der Waals surface area contributed by atoms with Gasteiger partial charge in [-0.2, -0.15) is 0 Å². The molecular formula is C16H18ClNO2S. The van der Waals surface area contributed by atoms with Crippen molar-refractivity contribution in [1.82, 2.24) is 0 Å². The summed E-state index contributed by atoms with van der Waals surface area (Å²) < 4.78 is 11.5. The maximum atomic E-state index is 6.10. The van der Waals surface area contributed by atoms with E-state index in [1.165, 1.54) is 10.4 Å². The average molecular weight is 324 g/mol. The average Bonchev–Trinajstić information content (AvgIpc) is 3.00. The van der Waals surface area contributed by atoms with Crippen LogP contribution in [0.2, 0.25) is 4.34 Å². The molecule has 21 heavy (non-hydrogen) atoms. The number of ether oxygens (including phenoxy) is 2. The van der Waals surface area contributed by atoms with E-state index < -0.39 is 0 Å². The summed E-state index contributed by atoms with van der Waals surface area (Å²) in [4.78, 5) is 1.41. The maximum absolute atomic E-state index is 6.10. The van der Waals surface area contributed by atoms with Gasteiger partial charge in [0.1, 0.15) is 12.4 Å². The molecule has 1 unspecified atom stereocenters. The van der Waals surface area contributed by atoms with Gasteiger partial charge in [0.2, 0.25) is 0 Å². The second-order valence-corrected chi connectivity index (χ2v) is 6.80. The number of benzene rings is 1. The van der Waals surface area contributed by atoms with E-state index in [-0.39, 0.29) is 0 Å². The molecule has 0 saturated heterocycles. The van der Waals surface area contributed by atoms with Gasteiger partial charge in [0.25, 0.3) is 0 Å². The van der Waals surface area contributed by atoms with Gasteiger partial charge in [0, 0.05) is 23.7 Å². The molecule has 1 aliphatic rings. The molecule has 0 radical (unpaired) electrons. The number of halogens is 1. The topological polar surface area (TPSA) is 30.5 Å². The molecule has 112 valence electrons. The van der Waals surface area contributed by atoms with E-state index in [1.807, 2.05) is 18.2 Å². The van der Waals surface area contributed by atoms with Gasteiger partial charge in [-0.15, -0.1) is 11.3 Å². The lowest BCUT2D eigenvalue weighted by atomic mass is 10.1. The first kappa shape index (κ1) is 14.7. The fraction of sp³-hybridized carbons (Fsp3) is 0.375. The van der Waals surface area contributed by atoms with Crippen LogP contribution in [-0.2, 0) is 11.2 Å². The molecule has 1 heterocycles. The Morgan fingerprint density at radius 1 is 1.33 bits per heavy atom. The highest BCUT2D eigenvalue weighted by molar-refractivity contribution is 7.16. The Balaban J connectivity index is 1.66. The lowest BCUT2D eigenvalue weighted by Gasteiger charge is -2.15. The van der Waals surface area contributed by atoms with Crippen LogP contribution in [0.15, 0.2) is 30.3 Å². The summed E-state index contributed by atoms with van der Waals surface area (Å²) >= 11 is 7.80. The third kappa shape index (κ3) is 3.51. The summed E-state index contributed by atoms with van der Waals surface area (Å²) in [5.41, 5.74) is 2.42. The van der Waals surface area contributed by atoms with E-state index in [0.717, 1.165) is 28.6 Å². The smallest absolute Gasteiger partial charge is 0.121 e. The monoisotopic (exact) mass is 323 g/mol. The van der Waals surface area contributed by atoms with Crippen molar-refractivity contribution in [1.29, 1.82) is 0 Å². The Morgan fingerprint density at radius 3 is 3.10 bits per heavy atom. The highest BCUT2D eigenvalue weighted by atomic mass is 35.5. The number of hydrogen-bond donors (Lipinski definition) is 1. The summed E-state index contributed by atoms with van der Waals surface area (Å²) in [6.45, 7) is 1.16. The first-order valence-corrected chi connectivity index (χ1v) is 8.22. The molecule has 3 nitrogen and oxygen atoms in total. The second-order valence-electron chi connectivity index (χ2n) is 5.03. The Morgan fingerprint density at radius 2 is 2.24 bits per heavy atom. The van der Waals surface area contributed by atoms with Crippen LogP contribution in [0.1, 0.15) is 22.9 Å². The molecule has 1 N–H and O–H groups in total. The fourth-order valence-corrected chi connectivity index (χ4v) is 3.96. The molecule has 1 aliphatic carbocycles. The number of rotatable bonds is 6. The SMILES string of the molecule is COCCOc1cccc(NC2CCc3sc(Cl)cc32)c1. The molecule has 0 bridgehead atoms. The third-order valence-corrected chi connectivity index (χ3v) is 4.92. The summed E-state index contributed by atoms with van der Waals surface area (Å²) in [5.74, 6) is 0.860. The van der Waals surface area contributed by atoms with Crippen molar-refractivity contribution in [3.63, 3.8) is 0 Å². The number of hydrogen-bond acceptors (Lipinski definition) is 4. The predicted octanol–water partition coefficient (Wildman–Crippen LogP) is 4.53. The first-order valence-electron chi connectivity index (χ1n) is 7.02. The molecule has 5 heteroatoms. The van der Waals surface area contributed by atoms with E-state index in [1.54, 1.807) is 18.4 Å². The summed E-state index contributed by atoms with van der Waals surface area (Å²) in [5, 5.41) is 3.58. The normalized spacial score (nSPS) is 16.8. The molecule has 0 aliphatic heterocycles. The van der Waals surface area contributed by atoms with Crippen LogP contribution in [0, 0.1) is 0 Å². The Labute approximate surface area is 133 Å². The van der Waals surface area contributed by atoms with Gasteiger partial charge in [-0.25, -0.2) is 0 Å². The quantitative estimate of drug-likeness (QED) is 0.792. The molecule has 3 rings (SSSR count). The number of thiophene rings is 1. The van der Waals surface area contributed by atoms with Gasteiger partial charge in [-0.3, -0.25) is 0 Å². The van der Waals surface area contributed by atoms with Crippen molar-refractivity contribution < 1.29 is 9.47 Å². The minimum Gasteiger partial charge on any atom is -0.491 e. The number of fused-ring (bicyclic) bond motifs is 1. The zero-order chi connectivity index (χ0) is 14.7. The lowest BCUT2D eigenvalue weighted by molar-refractivity contribution is 0.146. The van der Waals surface area contributed by atoms with E-state index >= 15 is 0 Å². The molecular weight excluding hydrogens is 306 g/mol. The highest BCUT2D eigenvalue weighted by Crippen LogP contribution is 2.41. The van der Waals surface area contributed by atoms with Gasteiger partial charge in [0.05, 0.1) is 17.0 Å². The van der Waals surface area contributed by atoms with Gasteiger partial charge < -0.3 is 14.8 Å². The van der Waals surface area contributed by atoms with E-state index in [4.69, 9.17) is 21.1 Å². The molecule has 0 spiro atoms. The zero-order valence-electron chi connectivity index (χ0n) is 11.9. The van der Waals surface area contributed by atoms with Crippen LogP contribution >= 0.6 is 22.9 Å². The minimum atomic E-state index is 0.345. The van der Waals surface area contributed by atoms with Crippen molar-refractivity contribution >= 4 is 28.6 Å². The van der Waals surface area contributed by atoms with Crippen LogP contribution in [0.4, 0.5) is 5.69 Å². The second kappa shape index (κ2) is 6.69. The Hall–Kier alpha value is -1.23. The van der Waals surface area contributed by atoms with E-state index in [0.29, 0.717) is 19.3 Å². The number of nitrogens with one attached hydrogen (secondary N) is 1. The van der Waals surface area contributed by atoms with Crippen molar-refractivity contribution in [3.8, 4) is 5.75 Å². The van der Waals surface area contributed by atoms with Crippen LogP contribution in [-0.4, -0.2) is 20.3 Å². The van der Waals surface area contributed by atoms with E-state index in [2.05, 4.69) is 17.4 Å². The molecule has 0 fully saturated rings. The summed E-state index contributed by atoms with van der Waals surface area (Å²) in [7, 11) is 1.67. The minimum absolute atomic E-state index is 0.345. The number of anilines is 1. The molecule has 1 atom stereocenters. The molecule has 0 saturated carbocycles.